The van der Waals surface area contributed by atoms with Gasteiger partial charge in [-0.05, 0) is 31.2 Å². The maximum absolute atomic E-state index is 11.1. The molecule has 0 aliphatic heterocycles. The molecule has 2 aromatic rings. The Balaban J connectivity index is 0.00000392. The first-order chi connectivity index (χ1) is 13.0. The van der Waals surface area contributed by atoms with Crippen molar-refractivity contribution < 1.29 is 18.7 Å². The fourth-order valence-corrected chi connectivity index (χ4v) is 2.53. The molecular formula is C19H27IN4O4. The number of primary amides is 1. The van der Waals surface area contributed by atoms with E-state index in [-0.39, 0.29) is 29.7 Å². The van der Waals surface area contributed by atoms with Crippen molar-refractivity contribution >= 4 is 35.8 Å². The molecule has 1 amide bonds. The summed E-state index contributed by atoms with van der Waals surface area (Å²) in [7, 11) is 5.18. The predicted molar refractivity (Wildman–Crippen MR) is 118 cm³/mol. The second-order valence-corrected chi connectivity index (χ2v) is 5.83. The molecule has 9 heteroatoms. The molecule has 0 fully saturated rings. The number of carbonyl (C=O) groups excluding carboxylic acids is 1. The highest BCUT2D eigenvalue weighted by Gasteiger charge is 2.12. The molecular weight excluding hydrogens is 475 g/mol. The monoisotopic (exact) mass is 502 g/mol. The molecule has 154 valence electrons. The molecule has 2 rings (SSSR count). The van der Waals surface area contributed by atoms with Gasteiger partial charge in [0.05, 0.1) is 14.2 Å². The molecule has 0 bridgehead atoms. The third-order valence-electron chi connectivity index (χ3n) is 3.89. The van der Waals surface area contributed by atoms with Gasteiger partial charge in [-0.2, -0.15) is 0 Å². The van der Waals surface area contributed by atoms with Crippen molar-refractivity contribution in [2.45, 2.75) is 20.0 Å². The number of halogens is 1. The van der Waals surface area contributed by atoms with Crippen LogP contribution in [-0.2, 0) is 13.1 Å². The summed E-state index contributed by atoms with van der Waals surface area (Å²) < 4.78 is 16.1. The van der Waals surface area contributed by atoms with E-state index < -0.39 is 5.91 Å². The number of amides is 1. The summed E-state index contributed by atoms with van der Waals surface area (Å²) in [4.78, 5) is 17.7. The van der Waals surface area contributed by atoms with Gasteiger partial charge in [-0.25, -0.2) is 4.99 Å². The van der Waals surface area contributed by atoms with Crippen LogP contribution in [0.5, 0.6) is 11.5 Å². The fourth-order valence-electron chi connectivity index (χ4n) is 2.53. The van der Waals surface area contributed by atoms with Crippen LogP contribution in [-0.4, -0.2) is 44.6 Å². The highest BCUT2D eigenvalue weighted by atomic mass is 127. The third-order valence-corrected chi connectivity index (χ3v) is 3.89. The van der Waals surface area contributed by atoms with Crippen molar-refractivity contribution in [1.82, 2.24) is 10.2 Å². The Kier molecular flexibility index (Phi) is 9.63. The largest absolute Gasteiger partial charge is 0.497 e. The van der Waals surface area contributed by atoms with Crippen molar-refractivity contribution in [3.05, 3.63) is 47.4 Å². The minimum Gasteiger partial charge on any atom is -0.497 e. The Hall–Kier alpha value is -2.43. The van der Waals surface area contributed by atoms with Gasteiger partial charge in [-0.3, -0.25) is 4.79 Å². The number of nitrogens with one attached hydrogen (secondary N) is 1. The number of carbonyl (C=O) groups is 1. The maximum atomic E-state index is 11.1. The number of methoxy groups -OCH3 is 2. The van der Waals surface area contributed by atoms with Gasteiger partial charge < -0.3 is 29.8 Å². The molecule has 3 N–H and O–H groups in total. The Morgan fingerprint density at radius 2 is 2.00 bits per heavy atom. The summed E-state index contributed by atoms with van der Waals surface area (Å²) in [6, 6.07) is 8.94. The second-order valence-electron chi connectivity index (χ2n) is 5.83. The van der Waals surface area contributed by atoms with Crippen molar-refractivity contribution in [2.24, 2.45) is 10.7 Å². The zero-order valence-corrected chi connectivity index (χ0v) is 18.9. The van der Waals surface area contributed by atoms with E-state index in [1.54, 1.807) is 26.4 Å². The fraction of sp³-hybridized carbons (Fsp3) is 0.368. The van der Waals surface area contributed by atoms with E-state index in [1.807, 2.05) is 37.1 Å². The maximum Gasteiger partial charge on any atom is 0.284 e. The standard InChI is InChI=1S/C19H26N4O4.HI/c1-5-21-19(22-11-15-8-9-16(27-15)18(20)24)23(2)12-13-6-7-14(25-3)10-17(13)26-4;/h6-10H,5,11-12H2,1-4H3,(H2,20,24)(H,21,22);1H. The molecule has 1 aromatic carbocycles. The number of hydrogen-bond acceptors (Lipinski definition) is 5. The van der Waals surface area contributed by atoms with Crippen LogP contribution in [0, 0.1) is 0 Å². The minimum absolute atomic E-state index is 0. The Bertz CT molecular complexity index is 807. The van der Waals surface area contributed by atoms with Crippen LogP contribution in [0.4, 0.5) is 0 Å². The van der Waals surface area contributed by atoms with Gasteiger partial charge in [0.15, 0.2) is 11.7 Å². The van der Waals surface area contributed by atoms with E-state index >= 15 is 0 Å². The molecule has 1 aromatic heterocycles. The van der Waals surface area contributed by atoms with Crippen LogP contribution in [0.3, 0.4) is 0 Å². The quantitative estimate of drug-likeness (QED) is 0.327. The first-order valence-electron chi connectivity index (χ1n) is 8.57. The van der Waals surface area contributed by atoms with Crippen molar-refractivity contribution in [1.29, 1.82) is 0 Å². The van der Waals surface area contributed by atoms with Crippen LogP contribution in [0.1, 0.15) is 28.8 Å². The number of rotatable bonds is 8. The molecule has 0 saturated carbocycles. The second kappa shape index (κ2) is 11.4. The van der Waals surface area contributed by atoms with Crippen molar-refractivity contribution in [3.8, 4) is 11.5 Å². The van der Waals surface area contributed by atoms with E-state index in [9.17, 15) is 4.79 Å². The summed E-state index contributed by atoms with van der Waals surface area (Å²) in [5.41, 5.74) is 6.20. The highest BCUT2D eigenvalue weighted by Crippen LogP contribution is 2.25. The molecule has 1 heterocycles. The average molecular weight is 502 g/mol. The number of furan rings is 1. The third kappa shape index (κ3) is 6.32. The summed E-state index contributed by atoms with van der Waals surface area (Å²) in [5, 5.41) is 3.24. The number of aliphatic imine (C=N–C) groups is 1. The average Bonchev–Trinajstić information content (AvgIpc) is 3.14. The SMILES string of the molecule is CCNC(=NCc1ccc(C(N)=O)o1)N(C)Cc1ccc(OC)cc1OC.I. The number of guanidine groups is 1. The number of benzene rings is 1. The normalized spacial score (nSPS) is 10.8. The van der Waals surface area contributed by atoms with Gasteiger partial charge >= 0.3 is 0 Å². The van der Waals surface area contributed by atoms with E-state index in [0.29, 0.717) is 31.4 Å². The van der Waals surface area contributed by atoms with Crippen LogP contribution < -0.4 is 20.5 Å². The topological polar surface area (TPSA) is 102 Å². The van der Waals surface area contributed by atoms with Crippen molar-refractivity contribution in [2.75, 3.05) is 27.8 Å². The van der Waals surface area contributed by atoms with Crippen LogP contribution in [0.2, 0.25) is 0 Å². The predicted octanol–water partition coefficient (Wildman–Crippen LogP) is 2.61. The summed E-state index contributed by atoms with van der Waals surface area (Å²) in [5.74, 6) is 2.28. The Labute approximate surface area is 182 Å². The molecule has 0 radical (unpaired) electrons. The highest BCUT2D eigenvalue weighted by molar-refractivity contribution is 14.0. The van der Waals surface area contributed by atoms with E-state index in [4.69, 9.17) is 19.6 Å². The van der Waals surface area contributed by atoms with E-state index in [2.05, 4.69) is 10.3 Å². The number of hydrogen-bond donors (Lipinski definition) is 2. The molecule has 0 aliphatic rings. The summed E-state index contributed by atoms with van der Waals surface area (Å²) >= 11 is 0. The molecule has 0 unspecified atom stereocenters. The van der Waals surface area contributed by atoms with Crippen molar-refractivity contribution in [3.63, 3.8) is 0 Å². The van der Waals surface area contributed by atoms with E-state index in [1.165, 1.54) is 0 Å². The summed E-state index contributed by atoms with van der Waals surface area (Å²) in [6.45, 7) is 3.59. The first kappa shape index (κ1) is 23.6. The van der Waals surface area contributed by atoms with E-state index in [0.717, 1.165) is 17.1 Å². The van der Waals surface area contributed by atoms with Crippen LogP contribution >= 0.6 is 24.0 Å². The number of nitrogens with zero attached hydrogens (tertiary/aromatic N) is 2. The van der Waals surface area contributed by atoms with Gasteiger partial charge in [0.25, 0.3) is 5.91 Å². The van der Waals surface area contributed by atoms with Crippen LogP contribution in [0.25, 0.3) is 0 Å². The molecule has 0 spiro atoms. The lowest BCUT2D eigenvalue weighted by Crippen LogP contribution is -2.38. The zero-order valence-electron chi connectivity index (χ0n) is 16.5. The smallest absolute Gasteiger partial charge is 0.284 e. The summed E-state index contributed by atoms with van der Waals surface area (Å²) in [6.07, 6.45) is 0. The molecule has 0 atom stereocenters. The Morgan fingerprint density at radius 1 is 1.25 bits per heavy atom. The van der Waals surface area contributed by atoms with Crippen LogP contribution in [0.15, 0.2) is 39.7 Å². The Morgan fingerprint density at radius 3 is 2.57 bits per heavy atom. The lowest BCUT2D eigenvalue weighted by Gasteiger charge is -2.23. The molecule has 0 saturated heterocycles. The lowest BCUT2D eigenvalue weighted by atomic mass is 10.2. The zero-order chi connectivity index (χ0) is 19.8. The van der Waals surface area contributed by atoms with Gasteiger partial charge in [-0.1, -0.05) is 0 Å². The molecule has 28 heavy (non-hydrogen) atoms. The van der Waals surface area contributed by atoms with Gasteiger partial charge in [0.1, 0.15) is 23.8 Å². The minimum atomic E-state index is -0.596. The van der Waals surface area contributed by atoms with Gasteiger partial charge in [0, 0.05) is 31.8 Å². The first-order valence-corrected chi connectivity index (χ1v) is 8.57. The van der Waals surface area contributed by atoms with Gasteiger partial charge in [-0.15, -0.1) is 24.0 Å². The number of nitrogens with two attached hydrogens (primary N) is 1. The molecule has 0 aliphatic carbocycles. The van der Waals surface area contributed by atoms with Gasteiger partial charge in [0.2, 0.25) is 0 Å². The molecule has 8 nitrogen and oxygen atoms in total. The number of ether oxygens (including phenoxy) is 2. The lowest BCUT2D eigenvalue weighted by molar-refractivity contribution is 0.0972.